The second kappa shape index (κ2) is 5.64. The highest BCUT2D eigenvalue weighted by atomic mass is 19.4. The van der Waals surface area contributed by atoms with Crippen LogP contribution in [0.1, 0.15) is 19.4 Å². The summed E-state index contributed by atoms with van der Waals surface area (Å²) in [6.07, 6.45) is -6.79. The molecule has 6 nitrogen and oxygen atoms in total. The van der Waals surface area contributed by atoms with Crippen molar-refractivity contribution >= 4 is 17.4 Å². The molecule has 108 valence electrons. The number of alkyl halides is 3. The van der Waals surface area contributed by atoms with Gasteiger partial charge in [-0.05, 0) is 6.92 Å². The summed E-state index contributed by atoms with van der Waals surface area (Å²) >= 11 is 0. The van der Waals surface area contributed by atoms with Crippen LogP contribution in [-0.4, -0.2) is 23.2 Å². The molecule has 0 aromatic carbocycles. The number of amides is 1. The van der Waals surface area contributed by atoms with Gasteiger partial charge in [-0.3, -0.25) is 4.79 Å². The molecule has 0 bridgehead atoms. The van der Waals surface area contributed by atoms with E-state index in [0.717, 1.165) is 13.0 Å². The van der Waals surface area contributed by atoms with Crippen LogP contribution < -0.4 is 15.8 Å². The number of carbonyl (C=O) groups is 1. The zero-order valence-corrected chi connectivity index (χ0v) is 10.6. The van der Waals surface area contributed by atoms with Crippen LogP contribution in [0.25, 0.3) is 0 Å². The fourth-order valence-corrected chi connectivity index (χ4v) is 1.22. The molecule has 1 aromatic heterocycles. The van der Waals surface area contributed by atoms with E-state index in [4.69, 9.17) is 11.0 Å². The third-order valence-corrected chi connectivity index (χ3v) is 2.18. The molecule has 0 aliphatic carbocycles. The first-order valence-electron chi connectivity index (χ1n) is 5.36. The highest BCUT2D eigenvalue weighted by molar-refractivity contribution is 5.88. The van der Waals surface area contributed by atoms with Crippen LogP contribution in [0.4, 0.5) is 24.7 Å². The van der Waals surface area contributed by atoms with E-state index in [0.29, 0.717) is 0 Å². The van der Waals surface area contributed by atoms with Crippen LogP contribution in [0.3, 0.4) is 0 Å². The number of rotatable bonds is 3. The number of nitrogens with one attached hydrogen (secondary N) is 1. The van der Waals surface area contributed by atoms with Gasteiger partial charge in [-0.15, -0.1) is 0 Å². The van der Waals surface area contributed by atoms with Gasteiger partial charge in [0.05, 0.1) is 5.69 Å². The van der Waals surface area contributed by atoms with Gasteiger partial charge < -0.3 is 15.8 Å². The Morgan fingerprint density at radius 3 is 2.65 bits per heavy atom. The molecule has 20 heavy (non-hydrogen) atoms. The van der Waals surface area contributed by atoms with E-state index in [1.54, 1.807) is 6.07 Å². The minimum absolute atomic E-state index is 0.0987. The molecule has 1 amide bonds. The van der Waals surface area contributed by atoms with E-state index in [1.165, 1.54) is 6.92 Å². The van der Waals surface area contributed by atoms with Crippen LogP contribution in [0.5, 0.6) is 5.88 Å². The maximum atomic E-state index is 12.4. The Morgan fingerprint density at radius 2 is 2.20 bits per heavy atom. The second-order valence-electron chi connectivity index (χ2n) is 3.87. The SMILES string of the molecule is CC(=O)Nc1cc(N)c(C#N)c(OC(C)C(F)(F)F)n1. The third-order valence-electron chi connectivity index (χ3n) is 2.18. The summed E-state index contributed by atoms with van der Waals surface area (Å²) in [6.45, 7) is 1.96. The van der Waals surface area contributed by atoms with E-state index >= 15 is 0 Å². The molecule has 1 aromatic rings. The minimum atomic E-state index is -4.62. The molecule has 0 fully saturated rings. The van der Waals surface area contributed by atoms with Crippen molar-refractivity contribution in [1.82, 2.24) is 4.98 Å². The summed E-state index contributed by atoms with van der Waals surface area (Å²) in [4.78, 5) is 14.5. The molecule has 9 heteroatoms. The summed E-state index contributed by atoms with van der Waals surface area (Å²) < 4.78 is 41.9. The van der Waals surface area contributed by atoms with Gasteiger partial charge in [-0.25, -0.2) is 0 Å². The molecule has 0 radical (unpaired) electrons. The Hall–Kier alpha value is -2.50. The lowest BCUT2D eigenvalue weighted by atomic mass is 10.2. The largest absolute Gasteiger partial charge is 0.464 e. The molecule has 0 spiro atoms. The number of nitrogens with zero attached hydrogens (tertiary/aromatic N) is 2. The topological polar surface area (TPSA) is 101 Å². The summed E-state index contributed by atoms with van der Waals surface area (Å²) in [5.41, 5.74) is 5.05. The molecule has 0 aliphatic rings. The van der Waals surface area contributed by atoms with Crippen molar-refractivity contribution < 1.29 is 22.7 Å². The molecule has 0 saturated heterocycles. The highest BCUT2D eigenvalue weighted by Crippen LogP contribution is 2.29. The maximum absolute atomic E-state index is 12.4. The fraction of sp³-hybridized carbons (Fsp3) is 0.364. The third kappa shape index (κ3) is 3.74. The summed E-state index contributed by atoms with van der Waals surface area (Å²) in [6, 6.07) is 2.77. The van der Waals surface area contributed by atoms with Gasteiger partial charge in [0.25, 0.3) is 0 Å². The summed E-state index contributed by atoms with van der Waals surface area (Å²) in [7, 11) is 0. The number of halogens is 3. The predicted octanol–water partition coefficient (Wildman–Crippen LogP) is 1.82. The minimum Gasteiger partial charge on any atom is -0.464 e. The van der Waals surface area contributed by atoms with Crippen molar-refractivity contribution in [3.63, 3.8) is 0 Å². The maximum Gasteiger partial charge on any atom is 0.425 e. The average molecular weight is 288 g/mol. The number of hydrogen-bond acceptors (Lipinski definition) is 5. The zero-order valence-electron chi connectivity index (χ0n) is 10.6. The van der Waals surface area contributed by atoms with E-state index in [-0.39, 0.29) is 17.1 Å². The Bertz CT molecular complexity index is 566. The van der Waals surface area contributed by atoms with Crippen molar-refractivity contribution in [2.45, 2.75) is 26.1 Å². The van der Waals surface area contributed by atoms with Crippen LogP contribution in [-0.2, 0) is 4.79 Å². The first-order valence-corrected chi connectivity index (χ1v) is 5.36. The van der Waals surface area contributed by atoms with Crippen molar-refractivity contribution in [3.05, 3.63) is 11.6 Å². The number of pyridine rings is 1. The Labute approximate surface area is 112 Å². The van der Waals surface area contributed by atoms with Gasteiger partial charge in [-0.2, -0.15) is 23.4 Å². The highest BCUT2D eigenvalue weighted by Gasteiger charge is 2.39. The molecule has 1 heterocycles. The van der Waals surface area contributed by atoms with Crippen molar-refractivity contribution in [1.29, 1.82) is 5.26 Å². The molecule has 3 N–H and O–H groups in total. The van der Waals surface area contributed by atoms with Crippen LogP contribution >= 0.6 is 0 Å². The molecule has 1 atom stereocenters. The zero-order chi connectivity index (χ0) is 15.5. The quantitative estimate of drug-likeness (QED) is 0.883. The van der Waals surface area contributed by atoms with Crippen molar-refractivity contribution in [2.24, 2.45) is 0 Å². The lowest BCUT2D eigenvalue weighted by Gasteiger charge is -2.18. The average Bonchev–Trinajstić information content (AvgIpc) is 2.26. The molecule has 1 rings (SSSR count). The van der Waals surface area contributed by atoms with E-state index in [9.17, 15) is 18.0 Å². The van der Waals surface area contributed by atoms with Crippen LogP contribution in [0.15, 0.2) is 6.07 Å². The molecular formula is C11H11F3N4O2. The number of nitrogen functional groups attached to an aromatic ring is 1. The Kier molecular flexibility index (Phi) is 4.39. The van der Waals surface area contributed by atoms with Gasteiger partial charge in [0, 0.05) is 13.0 Å². The fourth-order valence-electron chi connectivity index (χ4n) is 1.22. The van der Waals surface area contributed by atoms with Gasteiger partial charge >= 0.3 is 6.18 Å². The number of ether oxygens (including phenoxy) is 1. The lowest BCUT2D eigenvalue weighted by molar-refractivity contribution is -0.190. The van der Waals surface area contributed by atoms with Crippen LogP contribution in [0, 0.1) is 11.3 Å². The van der Waals surface area contributed by atoms with Crippen molar-refractivity contribution in [3.8, 4) is 11.9 Å². The van der Waals surface area contributed by atoms with E-state index in [1.807, 2.05) is 0 Å². The molecule has 0 saturated carbocycles. The lowest BCUT2D eigenvalue weighted by Crippen LogP contribution is -2.31. The van der Waals surface area contributed by atoms with Crippen molar-refractivity contribution in [2.75, 3.05) is 11.1 Å². The Balaban J connectivity index is 3.19. The molecule has 0 aliphatic heterocycles. The predicted molar refractivity (Wildman–Crippen MR) is 63.8 cm³/mol. The number of hydrogen-bond donors (Lipinski definition) is 2. The van der Waals surface area contributed by atoms with E-state index < -0.39 is 24.1 Å². The number of nitriles is 1. The van der Waals surface area contributed by atoms with Gasteiger partial charge in [0.1, 0.15) is 17.5 Å². The first kappa shape index (κ1) is 15.6. The first-order chi connectivity index (χ1) is 9.15. The number of nitrogens with two attached hydrogens (primary N) is 1. The van der Waals surface area contributed by atoms with Gasteiger partial charge in [0.15, 0.2) is 6.10 Å². The normalized spacial score (nSPS) is 12.4. The van der Waals surface area contributed by atoms with E-state index in [2.05, 4.69) is 15.0 Å². The number of carbonyl (C=O) groups excluding carboxylic acids is 1. The number of aromatic nitrogens is 1. The van der Waals surface area contributed by atoms with Gasteiger partial charge in [0.2, 0.25) is 11.8 Å². The summed E-state index contributed by atoms with van der Waals surface area (Å²) in [5, 5.41) is 11.1. The molecular weight excluding hydrogens is 277 g/mol. The second-order valence-corrected chi connectivity index (χ2v) is 3.87. The summed E-state index contributed by atoms with van der Waals surface area (Å²) in [5.74, 6) is -1.17. The van der Waals surface area contributed by atoms with Gasteiger partial charge in [-0.1, -0.05) is 0 Å². The monoisotopic (exact) mass is 288 g/mol. The Morgan fingerprint density at radius 1 is 1.60 bits per heavy atom. The number of anilines is 2. The standard InChI is InChI=1S/C11H11F3N4O2/c1-5(11(12,13)14)20-10-7(4-15)8(16)3-9(18-10)17-6(2)19/h3,5H,1-2H3,(H3,16,17,18,19). The van der Waals surface area contributed by atoms with Crippen LogP contribution in [0.2, 0.25) is 0 Å². The molecule has 1 unspecified atom stereocenters. The smallest absolute Gasteiger partial charge is 0.425 e.